The monoisotopic (exact) mass is 372 g/mol. The fourth-order valence-corrected chi connectivity index (χ4v) is 1.91. The van der Waals surface area contributed by atoms with Crippen LogP contribution in [0.25, 0.3) is 0 Å². The highest BCUT2D eigenvalue weighted by Crippen LogP contribution is 2.32. The van der Waals surface area contributed by atoms with E-state index in [1.54, 1.807) is 27.7 Å². The number of hydrogen-bond donors (Lipinski definition) is 2. The predicted octanol–water partition coefficient (Wildman–Crippen LogP) is 4.41. The highest BCUT2D eigenvalue weighted by Gasteiger charge is 2.26. The maximum Gasteiger partial charge on any atom is 0.412 e. The van der Waals surface area contributed by atoms with Crippen LogP contribution in [-0.2, 0) is 4.74 Å². The lowest BCUT2D eigenvalue weighted by molar-refractivity contribution is 0.0635. The molecule has 0 unspecified atom stereocenters. The molecule has 1 aromatic heterocycles. The van der Waals surface area contributed by atoms with Crippen molar-refractivity contribution in [2.45, 2.75) is 52.2 Å². The van der Waals surface area contributed by atoms with Gasteiger partial charge in [-0.1, -0.05) is 6.08 Å². The van der Waals surface area contributed by atoms with Gasteiger partial charge < -0.3 is 14.6 Å². The van der Waals surface area contributed by atoms with E-state index in [9.17, 15) is 23.5 Å². The number of halogens is 2. The molecule has 144 valence electrons. The van der Waals surface area contributed by atoms with Crippen LogP contribution in [0, 0.1) is 0 Å². The van der Waals surface area contributed by atoms with Gasteiger partial charge in [0.05, 0.1) is 11.3 Å². The minimum Gasteiger partial charge on any atom is -0.476 e. The molecule has 0 fully saturated rings. The molecule has 0 bridgehead atoms. The lowest BCUT2D eigenvalue weighted by Gasteiger charge is -2.21. The number of ether oxygens (including phenoxy) is 2. The second-order valence-corrected chi connectivity index (χ2v) is 6.46. The second-order valence-electron chi connectivity index (χ2n) is 6.46. The average molecular weight is 372 g/mol. The quantitative estimate of drug-likeness (QED) is 0.688. The molecule has 7 nitrogen and oxygen atoms in total. The van der Waals surface area contributed by atoms with Crippen LogP contribution < -0.4 is 10.1 Å². The maximum atomic E-state index is 13.4. The van der Waals surface area contributed by atoms with E-state index < -0.39 is 53.0 Å². The van der Waals surface area contributed by atoms with Crippen molar-refractivity contribution in [3.05, 3.63) is 30.0 Å². The number of hydrogen-bond acceptors (Lipinski definition) is 5. The molecular formula is C17H22F2N2O5. The Balaban J connectivity index is 3.29. The van der Waals surface area contributed by atoms with Crippen LogP contribution in [0.4, 0.5) is 19.3 Å². The van der Waals surface area contributed by atoms with Crippen molar-refractivity contribution in [3.8, 4) is 5.88 Å². The zero-order valence-electron chi connectivity index (χ0n) is 15.0. The molecule has 1 atom stereocenters. The molecular weight excluding hydrogens is 350 g/mol. The van der Waals surface area contributed by atoms with E-state index in [1.165, 1.54) is 6.08 Å². The predicted molar refractivity (Wildman–Crippen MR) is 90.9 cm³/mol. The topological polar surface area (TPSA) is 97.8 Å². The van der Waals surface area contributed by atoms with Crippen molar-refractivity contribution >= 4 is 17.7 Å². The van der Waals surface area contributed by atoms with E-state index in [4.69, 9.17) is 9.47 Å². The van der Waals surface area contributed by atoms with Crippen LogP contribution in [-0.4, -0.2) is 33.9 Å². The number of aromatic nitrogens is 1. The van der Waals surface area contributed by atoms with Gasteiger partial charge in [0.15, 0.2) is 5.69 Å². The summed E-state index contributed by atoms with van der Waals surface area (Å²) in [6.07, 6.45) is -2.64. The van der Waals surface area contributed by atoms with Crippen LogP contribution in [0.5, 0.6) is 5.88 Å². The van der Waals surface area contributed by atoms with Crippen molar-refractivity contribution in [2.75, 3.05) is 5.32 Å². The molecule has 1 aromatic rings. The van der Waals surface area contributed by atoms with E-state index >= 15 is 0 Å². The fraction of sp³-hybridized carbons (Fsp3) is 0.471. The van der Waals surface area contributed by atoms with Gasteiger partial charge in [-0.2, -0.15) is 0 Å². The average Bonchev–Trinajstić information content (AvgIpc) is 2.45. The number of pyridine rings is 1. The van der Waals surface area contributed by atoms with Crippen LogP contribution in [0.1, 0.15) is 56.6 Å². The summed E-state index contributed by atoms with van der Waals surface area (Å²) in [4.78, 5) is 26.9. The normalized spacial score (nSPS) is 12.4. The summed E-state index contributed by atoms with van der Waals surface area (Å²) in [6.45, 7) is 9.93. The number of rotatable bonds is 7. The van der Waals surface area contributed by atoms with E-state index in [-0.39, 0.29) is 0 Å². The lowest BCUT2D eigenvalue weighted by Crippen LogP contribution is -2.28. The summed E-state index contributed by atoms with van der Waals surface area (Å²) in [5, 5.41) is 11.4. The molecule has 0 radical (unpaired) electrons. The number of carboxylic acid groups (broad SMARTS) is 1. The molecule has 9 heteroatoms. The number of carbonyl (C=O) groups excluding carboxylic acids is 1. The minimum absolute atomic E-state index is 0.352. The Hall–Kier alpha value is -2.71. The Bertz CT molecular complexity index is 686. The van der Waals surface area contributed by atoms with Gasteiger partial charge in [0.2, 0.25) is 5.88 Å². The number of anilines is 1. The number of nitrogens with zero attached hydrogens (tertiary/aromatic N) is 1. The number of carbonyl (C=O) groups is 2. The summed E-state index contributed by atoms with van der Waals surface area (Å²) < 4.78 is 37.0. The van der Waals surface area contributed by atoms with Crippen molar-refractivity contribution in [2.24, 2.45) is 0 Å². The van der Waals surface area contributed by atoms with Gasteiger partial charge in [-0.25, -0.2) is 23.4 Å². The molecule has 26 heavy (non-hydrogen) atoms. The van der Waals surface area contributed by atoms with Crippen molar-refractivity contribution in [1.29, 1.82) is 0 Å². The van der Waals surface area contributed by atoms with Crippen molar-refractivity contribution < 1.29 is 33.0 Å². The fourth-order valence-electron chi connectivity index (χ4n) is 1.91. The summed E-state index contributed by atoms with van der Waals surface area (Å²) in [5.41, 5.74) is -2.54. The van der Waals surface area contributed by atoms with Gasteiger partial charge in [0.25, 0.3) is 6.43 Å². The lowest BCUT2D eigenvalue weighted by atomic mass is 10.2. The molecule has 0 saturated heterocycles. The Morgan fingerprint density at radius 3 is 2.50 bits per heavy atom. The molecule has 0 aliphatic heterocycles. The first-order valence-corrected chi connectivity index (χ1v) is 7.78. The summed E-state index contributed by atoms with van der Waals surface area (Å²) in [7, 11) is 0. The zero-order chi connectivity index (χ0) is 20.1. The second kappa shape index (κ2) is 8.59. The first kappa shape index (κ1) is 21.3. The van der Waals surface area contributed by atoms with Gasteiger partial charge in [0, 0.05) is 6.42 Å². The third-order valence-electron chi connectivity index (χ3n) is 2.90. The highest BCUT2D eigenvalue weighted by molar-refractivity contribution is 5.97. The van der Waals surface area contributed by atoms with E-state index in [2.05, 4.69) is 16.9 Å². The molecule has 0 aliphatic carbocycles. The standard InChI is InChI=1S/C17H22F2N2O5/c1-6-7-9(2)25-14-10(13(18)19)8-11(12(21-14)15(22)23)20-16(24)26-17(3,4)5/h6,8-9,13H,1,7H2,2-5H3,(H,20,24)(H,22,23)/t9-/m1/s1. The van der Waals surface area contributed by atoms with Gasteiger partial charge >= 0.3 is 12.1 Å². The van der Waals surface area contributed by atoms with Crippen LogP contribution >= 0.6 is 0 Å². The molecule has 1 heterocycles. The molecule has 0 saturated carbocycles. The van der Waals surface area contributed by atoms with Crippen LogP contribution in [0.3, 0.4) is 0 Å². The van der Waals surface area contributed by atoms with Crippen LogP contribution in [0.2, 0.25) is 0 Å². The molecule has 0 aromatic carbocycles. The molecule has 0 spiro atoms. The number of aromatic carboxylic acids is 1. The summed E-state index contributed by atoms with van der Waals surface area (Å²) >= 11 is 0. The summed E-state index contributed by atoms with van der Waals surface area (Å²) in [6, 6.07) is 0.820. The van der Waals surface area contributed by atoms with E-state index in [1.807, 2.05) is 0 Å². The third kappa shape index (κ3) is 6.30. The van der Waals surface area contributed by atoms with Gasteiger partial charge in [-0.15, -0.1) is 6.58 Å². The number of amides is 1. The molecule has 0 aliphatic rings. The van der Waals surface area contributed by atoms with Crippen LogP contribution in [0.15, 0.2) is 18.7 Å². The molecule has 2 N–H and O–H groups in total. The minimum atomic E-state index is -2.99. The zero-order valence-corrected chi connectivity index (χ0v) is 15.0. The molecule has 1 amide bonds. The van der Waals surface area contributed by atoms with Gasteiger partial charge in [-0.3, -0.25) is 5.32 Å². The largest absolute Gasteiger partial charge is 0.476 e. The van der Waals surface area contributed by atoms with Crippen molar-refractivity contribution in [3.63, 3.8) is 0 Å². The van der Waals surface area contributed by atoms with Crippen molar-refractivity contribution in [1.82, 2.24) is 4.98 Å². The third-order valence-corrected chi connectivity index (χ3v) is 2.90. The first-order chi connectivity index (χ1) is 11.9. The Labute approximate surface area is 150 Å². The first-order valence-electron chi connectivity index (χ1n) is 7.78. The Morgan fingerprint density at radius 2 is 2.04 bits per heavy atom. The number of alkyl halides is 2. The molecule has 1 rings (SSSR count). The Kier molecular flexibility index (Phi) is 7.05. The highest BCUT2D eigenvalue weighted by atomic mass is 19.3. The van der Waals surface area contributed by atoms with Gasteiger partial charge in [0.1, 0.15) is 11.7 Å². The SMILES string of the molecule is C=CC[C@@H](C)Oc1nc(C(=O)O)c(NC(=O)OC(C)(C)C)cc1C(F)F. The maximum absolute atomic E-state index is 13.4. The Morgan fingerprint density at radius 1 is 1.42 bits per heavy atom. The number of nitrogens with one attached hydrogen (secondary N) is 1. The van der Waals surface area contributed by atoms with E-state index in [0.29, 0.717) is 6.42 Å². The van der Waals surface area contributed by atoms with E-state index in [0.717, 1.165) is 6.07 Å². The summed E-state index contributed by atoms with van der Waals surface area (Å²) in [5.74, 6) is -2.03. The number of carboxylic acids is 1. The smallest absolute Gasteiger partial charge is 0.412 e. The van der Waals surface area contributed by atoms with Gasteiger partial charge in [-0.05, 0) is 33.8 Å².